The Kier molecular flexibility index (Phi) is 2.86. The maximum Gasteiger partial charge on any atom is 0.220 e. The van der Waals surface area contributed by atoms with Gasteiger partial charge in [0.25, 0.3) is 0 Å². The van der Waals surface area contributed by atoms with Crippen molar-refractivity contribution in [3.05, 3.63) is 29.3 Å². The van der Waals surface area contributed by atoms with Crippen molar-refractivity contribution in [2.45, 2.75) is 31.3 Å². The summed E-state index contributed by atoms with van der Waals surface area (Å²) in [6.07, 6.45) is 4.11. The third-order valence-electron chi connectivity index (χ3n) is 3.69. The summed E-state index contributed by atoms with van der Waals surface area (Å²) >= 11 is 5.93. The lowest BCUT2D eigenvalue weighted by molar-refractivity contribution is 0.452. The lowest BCUT2D eigenvalue weighted by Crippen LogP contribution is -2.56. The predicted molar refractivity (Wildman–Crippen MR) is 78.4 cm³/mol. The van der Waals surface area contributed by atoms with Gasteiger partial charge in [0.2, 0.25) is 11.9 Å². The van der Waals surface area contributed by atoms with E-state index < -0.39 is 0 Å². The summed E-state index contributed by atoms with van der Waals surface area (Å²) in [6.45, 7) is 0. The van der Waals surface area contributed by atoms with Crippen LogP contribution in [0.15, 0.2) is 34.3 Å². The Bertz CT molecular complexity index is 543. The quantitative estimate of drug-likeness (QED) is 0.824. The monoisotopic (exact) mass is 277 g/mol. The van der Waals surface area contributed by atoms with Gasteiger partial charge in [-0.1, -0.05) is 11.6 Å². The van der Waals surface area contributed by atoms with Gasteiger partial charge in [0.1, 0.15) is 5.66 Å². The maximum atomic E-state index is 6.08. The normalized spacial score (nSPS) is 21.4. The minimum Gasteiger partial charge on any atom is -0.369 e. The molecule has 4 N–H and O–H groups in total. The van der Waals surface area contributed by atoms with E-state index in [0.29, 0.717) is 11.0 Å². The number of benzene rings is 1. The van der Waals surface area contributed by atoms with Crippen molar-refractivity contribution in [2.24, 2.45) is 21.5 Å². The molecule has 1 aliphatic heterocycles. The summed E-state index contributed by atoms with van der Waals surface area (Å²) in [7, 11) is 0. The van der Waals surface area contributed by atoms with Gasteiger partial charge in [-0.15, -0.1) is 0 Å². The Morgan fingerprint density at radius 2 is 1.74 bits per heavy atom. The van der Waals surface area contributed by atoms with Gasteiger partial charge in [0.05, 0.1) is 0 Å². The van der Waals surface area contributed by atoms with Crippen LogP contribution in [0, 0.1) is 0 Å². The summed E-state index contributed by atoms with van der Waals surface area (Å²) in [5, 5.41) is 0.694. The molecule has 5 nitrogen and oxygen atoms in total. The number of nitrogens with two attached hydrogens (primary N) is 2. The van der Waals surface area contributed by atoms with E-state index in [1.54, 1.807) is 0 Å². The summed E-state index contributed by atoms with van der Waals surface area (Å²) in [5.74, 6) is 0.668. The Morgan fingerprint density at radius 3 is 2.37 bits per heavy atom. The van der Waals surface area contributed by atoms with Gasteiger partial charge >= 0.3 is 0 Å². The number of nitrogens with zero attached hydrogens (tertiary/aromatic N) is 3. The van der Waals surface area contributed by atoms with E-state index in [0.717, 1.165) is 31.4 Å². The number of halogens is 1. The number of anilines is 1. The SMILES string of the molecule is NC1=NC2(CCCC2)N(c2ccc(Cl)cc2)C(N)=N1. The van der Waals surface area contributed by atoms with Crippen LogP contribution in [0.1, 0.15) is 25.7 Å². The van der Waals surface area contributed by atoms with Crippen molar-refractivity contribution >= 4 is 29.2 Å². The second-order valence-corrected chi connectivity index (χ2v) is 5.38. The molecule has 1 spiro atoms. The summed E-state index contributed by atoms with van der Waals surface area (Å²) in [5.41, 5.74) is 12.4. The molecule has 1 saturated carbocycles. The van der Waals surface area contributed by atoms with Crippen LogP contribution >= 0.6 is 11.6 Å². The summed E-state index contributed by atoms with van der Waals surface area (Å²) in [6, 6.07) is 7.55. The molecule has 0 radical (unpaired) electrons. The van der Waals surface area contributed by atoms with Crippen LogP contribution < -0.4 is 16.4 Å². The van der Waals surface area contributed by atoms with Crippen LogP contribution in [0.25, 0.3) is 0 Å². The summed E-state index contributed by atoms with van der Waals surface area (Å²) in [4.78, 5) is 10.6. The highest BCUT2D eigenvalue weighted by atomic mass is 35.5. The Morgan fingerprint density at radius 1 is 1.11 bits per heavy atom. The van der Waals surface area contributed by atoms with Crippen LogP contribution in [-0.2, 0) is 0 Å². The molecule has 1 aliphatic carbocycles. The molecule has 0 bridgehead atoms. The first-order valence-corrected chi connectivity index (χ1v) is 6.74. The molecule has 6 heteroatoms. The first kappa shape index (κ1) is 12.3. The predicted octanol–water partition coefficient (Wildman–Crippen LogP) is 2.06. The number of hydrogen-bond donors (Lipinski definition) is 2. The van der Waals surface area contributed by atoms with E-state index in [9.17, 15) is 0 Å². The van der Waals surface area contributed by atoms with Crippen LogP contribution in [0.3, 0.4) is 0 Å². The standard InChI is InChI=1S/C13H16ClN5/c14-9-3-5-10(6-4-9)19-12(16)17-11(15)18-13(19)7-1-2-8-13/h3-6H,1-2,7-8H2,(H4,15,16,17,18). The molecule has 100 valence electrons. The van der Waals surface area contributed by atoms with Gasteiger partial charge in [-0.05, 0) is 49.9 Å². The van der Waals surface area contributed by atoms with Gasteiger partial charge < -0.3 is 11.5 Å². The van der Waals surface area contributed by atoms with Crippen molar-refractivity contribution in [2.75, 3.05) is 4.90 Å². The van der Waals surface area contributed by atoms with E-state index in [2.05, 4.69) is 9.98 Å². The molecule has 1 heterocycles. The van der Waals surface area contributed by atoms with E-state index in [1.807, 2.05) is 29.2 Å². The summed E-state index contributed by atoms with van der Waals surface area (Å²) < 4.78 is 0. The zero-order valence-electron chi connectivity index (χ0n) is 10.5. The highest BCUT2D eigenvalue weighted by molar-refractivity contribution is 6.30. The average Bonchev–Trinajstić information content (AvgIpc) is 2.79. The molecule has 0 saturated heterocycles. The molecule has 1 fully saturated rings. The van der Waals surface area contributed by atoms with Gasteiger partial charge in [-0.25, -0.2) is 4.99 Å². The molecule has 3 rings (SSSR count). The molecule has 2 aliphatic rings. The van der Waals surface area contributed by atoms with Crippen LogP contribution in [-0.4, -0.2) is 17.6 Å². The second kappa shape index (κ2) is 4.42. The topological polar surface area (TPSA) is 80.0 Å². The number of guanidine groups is 2. The molecule has 1 aromatic rings. The second-order valence-electron chi connectivity index (χ2n) is 4.94. The molecular weight excluding hydrogens is 262 g/mol. The molecule has 19 heavy (non-hydrogen) atoms. The number of rotatable bonds is 1. The highest BCUT2D eigenvalue weighted by Gasteiger charge is 2.43. The number of aliphatic imine (C=N–C) groups is 2. The van der Waals surface area contributed by atoms with Crippen molar-refractivity contribution < 1.29 is 0 Å². The third-order valence-corrected chi connectivity index (χ3v) is 3.94. The minimum absolute atomic E-state index is 0.268. The lowest BCUT2D eigenvalue weighted by Gasteiger charge is -2.41. The van der Waals surface area contributed by atoms with E-state index in [4.69, 9.17) is 23.1 Å². The maximum absolute atomic E-state index is 6.08. The molecule has 0 aromatic heterocycles. The van der Waals surface area contributed by atoms with Crippen LogP contribution in [0.4, 0.5) is 5.69 Å². The Balaban J connectivity index is 2.06. The first-order chi connectivity index (χ1) is 9.11. The van der Waals surface area contributed by atoms with E-state index >= 15 is 0 Å². The molecule has 0 atom stereocenters. The van der Waals surface area contributed by atoms with Gasteiger partial charge in [-0.2, -0.15) is 4.99 Å². The third kappa shape index (κ3) is 2.04. The highest BCUT2D eigenvalue weighted by Crippen LogP contribution is 2.40. The van der Waals surface area contributed by atoms with Crippen molar-refractivity contribution in [1.82, 2.24) is 0 Å². The largest absolute Gasteiger partial charge is 0.369 e. The van der Waals surface area contributed by atoms with Crippen LogP contribution in [0.2, 0.25) is 5.02 Å². The van der Waals surface area contributed by atoms with E-state index in [1.165, 1.54) is 0 Å². The van der Waals surface area contributed by atoms with Crippen molar-refractivity contribution in [3.8, 4) is 0 Å². The van der Waals surface area contributed by atoms with E-state index in [-0.39, 0.29) is 11.6 Å². The fraction of sp³-hybridized carbons (Fsp3) is 0.385. The Hall–Kier alpha value is -1.75. The van der Waals surface area contributed by atoms with Crippen molar-refractivity contribution in [3.63, 3.8) is 0 Å². The molecule has 0 unspecified atom stereocenters. The minimum atomic E-state index is -0.371. The fourth-order valence-electron chi connectivity index (χ4n) is 2.91. The number of hydrogen-bond acceptors (Lipinski definition) is 5. The lowest BCUT2D eigenvalue weighted by atomic mass is 10.1. The zero-order chi connectivity index (χ0) is 13.5. The average molecular weight is 278 g/mol. The fourth-order valence-corrected chi connectivity index (χ4v) is 3.03. The molecule has 0 amide bonds. The smallest absolute Gasteiger partial charge is 0.220 e. The van der Waals surface area contributed by atoms with Crippen molar-refractivity contribution in [1.29, 1.82) is 0 Å². The zero-order valence-corrected chi connectivity index (χ0v) is 11.3. The van der Waals surface area contributed by atoms with Gasteiger partial charge in [0.15, 0.2) is 0 Å². The van der Waals surface area contributed by atoms with Gasteiger partial charge in [0, 0.05) is 10.7 Å². The van der Waals surface area contributed by atoms with Gasteiger partial charge in [-0.3, -0.25) is 4.90 Å². The molecular formula is C13H16ClN5. The Labute approximate surface area is 117 Å². The molecule has 1 aromatic carbocycles. The van der Waals surface area contributed by atoms with Crippen LogP contribution in [0.5, 0.6) is 0 Å². The first-order valence-electron chi connectivity index (χ1n) is 6.36.